The molecule has 4 N–H and O–H groups in total. The van der Waals surface area contributed by atoms with Crippen molar-refractivity contribution < 1.29 is 39.6 Å². The van der Waals surface area contributed by atoms with Gasteiger partial charge in [-0.3, -0.25) is 19.2 Å². The number of Topliss-reactive ketones (excluding diaryl/α,β-unsaturated/α-hetero) is 4. The van der Waals surface area contributed by atoms with E-state index in [4.69, 9.17) is 0 Å². The van der Waals surface area contributed by atoms with Crippen molar-refractivity contribution in [3.8, 4) is 16.9 Å². The number of rotatable bonds is 11. The standard InChI is InChI=1S/C43H54O8/c1-10-12-31(45)27(22(3)4)16-14-25-13-15-26(11-2)29(19-25)28-17-18-32(46)34-30(28)20-41(8)21-42(9)35(23(5)6)37(47)33(24(7)44)39(49)43(42,51)40(50)36(41)38(34)48/h13,15,17-19,22-23,27,35,46-47,50-51H,10-12,14,16,20-21H2,1-9H3/t27?,35?,41-,42-,43+/m1/s1. The fraction of sp³-hybridized carbons (Fsp3) is 0.535. The molecule has 2 aromatic carbocycles. The Balaban J connectivity index is 1.68. The number of aliphatic hydroxyl groups is 3. The highest BCUT2D eigenvalue weighted by molar-refractivity contribution is 6.25. The molecule has 274 valence electrons. The highest BCUT2D eigenvalue weighted by Crippen LogP contribution is 2.65. The number of aromatic hydroxyl groups is 1. The highest BCUT2D eigenvalue weighted by Gasteiger charge is 2.71. The maximum atomic E-state index is 14.6. The van der Waals surface area contributed by atoms with Gasteiger partial charge >= 0.3 is 0 Å². The third-order valence-corrected chi connectivity index (χ3v) is 12.2. The van der Waals surface area contributed by atoms with Crippen molar-refractivity contribution in [2.24, 2.45) is 34.5 Å². The molecule has 0 saturated heterocycles. The second-order valence-corrected chi connectivity index (χ2v) is 16.4. The smallest absolute Gasteiger partial charge is 0.209 e. The van der Waals surface area contributed by atoms with Gasteiger partial charge in [0.25, 0.3) is 0 Å². The van der Waals surface area contributed by atoms with Crippen LogP contribution in [0.25, 0.3) is 11.1 Å². The maximum Gasteiger partial charge on any atom is 0.209 e. The summed E-state index contributed by atoms with van der Waals surface area (Å²) in [5.41, 5.74) is -1.60. The molecule has 2 unspecified atom stereocenters. The summed E-state index contributed by atoms with van der Waals surface area (Å²) in [4.78, 5) is 54.2. The van der Waals surface area contributed by atoms with Gasteiger partial charge in [-0.2, -0.15) is 0 Å². The molecular weight excluding hydrogens is 644 g/mol. The van der Waals surface area contributed by atoms with Crippen molar-refractivity contribution in [2.75, 3.05) is 0 Å². The second-order valence-electron chi connectivity index (χ2n) is 16.4. The molecule has 0 fully saturated rings. The van der Waals surface area contributed by atoms with E-state index in [1.807, 2.05) is 33.8 Å². The van der Waals surface area contributed by atoms with Crippen LogP contribution in [-0.2, 0) is 33.6 Å². The molecule has 0 radical (unpaired) electrons. The molecule has 0 bridgehead atoms. The first-order valence-corrected chi connectivity index (χ1v) is 18.5. The molecule has 3 aliphatic rings. The largest absolute Gasteiger partial charge is 0.511 e. The lowest BCUT2D eigenvalue weighted by atomic mass is 9.44. The van der Waals surface area contributed by atoms with Gasteiger partial charge in [0.05, 0.1) is 5.56 Å². The van der Waals surface area contributed by atoms with E-state index >= 15 is 0 Å². The van der Waals surface area contributed by atoms with E-state index in [1.54, 1.807) is 6.92 Å². The lowest BCUT2D eigenvalue weighted by Crippen LogP contribution is -2.67. The zero-order valence-corrected chi connectivity index (χ0v) is 31.6. The number of allylic oxidation sites excluding steroid dienone is 2. The first kappa shape index (κ1) is 38.2. The zero-order valence-electron chi connectivity index (χ0n) is 31.6. The lowest BCUT2D eigenvalue weighted by Gasteiger charge is -2.59. The monoisotopic (exact) mass is 698 g/mol. The molecule has 3 aliphatic carbocycles. The van der Waals surface area contributed by atoms with Crippen LogP contribution in [0.5, 0.6) is 5.75 Å². The topological polar surface area (TPSA) is 149 Å². The van der Waals surface area contributed by atoms with Crippen LogP contribution in [0.1, 0.15) is 115 Å². The highest BCUT2D eigenvalue weighted by atomic mass is 16.3. The van der Waals surface area contributed by atoms with Crippen LogP contribution in [0.3, 0.4) is 0 Å². The van der Waals surface area contributed by atoms with Crippen LogP contribution in [0.15, 0.2) is 53.0 Å². The molecular formula is C43H54O8. The molecule has 5 atom stereocenters. The van der Waals surface area contributed by atoms with Crippen LogP contribution in [-0.4, -0.2) is 49.2 Å². The number of phenols is 1. The van der Waals surface area contributed by atoms with Gasteiger partial charge in [0.15, 0.2) is 17.2 Å². The van der Waals surface area contributed by atoms with Crippen molar-refractivity contribution in [1.82, 2.24) is 0 Å². The van der Waals surface area contributed by atoms with Gasteiger partial charge in [0, 0.05) is 34.7 Å². The fourth-order valence-electron chi connectivity index (χ4n) is 9.94. The Hall–Kier alpha value is -4.04. The van der Waals surface area contributed by atoms with Crippen molar-refractivity contribution in [1.29, 1.82) is 0 Å². The van der Waals surface area contributed by atoms with Crippen molar-refractivity contribution in [2.45, 2.75) is 113 Å². The van der Waals surface area contributed by atoms with Crippen LogP contribution >= 0.6 is 0 Å². The molecule has 0 saturated carbocycles. The van der Waals surface area contributed by atoms with Crippen molar-refractivity contribution in [3.63, 3.8) is 0 Å². The summed E-state index contributed by atoms with van der Waals surface area (Å²) >= 11 is 0. The van der Waals surface area contributed by atoms with E-state index < -0.39 is 56.8 Å². The average molecular weight is 699 g/mol. The Morgan fingerprint density at radius 3 is 2.20 bits per heavy atom. The molecule has 2 aromatic rings. The average Bonchev–Trinajstić information content (AvgIpc) is 3.02. The van der Waals surface area contributed by atoms with Gasteiger partial charge in [-0.15, -0.1) is 0 Å². The SMILES string of the molecule is CCCC(=O)C(CCc1ccc(CC)c(-c2ccc(O)c3c2C[C@]2(C)C[C@]4(C)C(C(C)C)C(O)=C(C(C)=O)C(=O)[C@]4(O)C(O)=C2C3=O)c1)C(C)C. The minimum atomic E-state index is -2.65. The van der Waals surface area contributed by atoms with Gasteiger partial charge in [-0.05, 0) is 91.2 Å². The van der Waals surface area contributed by atoms with Crippen molar-refractivity contribution in [3.05, 3.63) is 75.3 Å². The molecule has 51 heavy (non-hydrogen) atoms. The number of fused-ring (bicyclic) bond motifs is 3. The van der Waals surface area contributed by atoms with E-state index in [0.29, 0.717) is 24.8 Å². The summed E-state index contributed by atoms with van der Waals surface area (Å²) in [5, 5.41) is 47.0. The Bertz CT molecular complexity index is 1880. The van der Waals surface area contributed by atoms with Gasteiger partial charge in [-0.1, -0.05) is 79.7 Å². The Morgan fingerprint density at radius 1 is 0.961 bits per heavy atom. The molecule has 8 nitrogen and oxygen atoms in total. The number of hydrogen-bond acceptors (Lipinski definition) is 8. The van der Waals surface area contributed by atoms with Crippen LogP contribution in [0.4, 0.5) is 0 Å². The summed E-state index contributed by atoms with van der Waals surface area (Å²) in [6.07, 6.45) is 3.75. The first-order chi connectivity index (χ1) is 23.8. The number of aliphatic hydroxyl groups excluding tert-OH is 2. The summed E-state index contributed by atoms with van der Waals surface area (Å²) in [6, 6.07) is 9.56. The van der Waals surface area contributed by atoms with Gasteiger partial charge in [0.2, 0.25) is 5.78 Å². The fourth-order valence-corrected chi connectivity index (χ4v) is 9.94. The van der Waals surface area contributed by atoms with E-state index in [1.165, 1.54) is 6.07 Å². The lowest BCUT2D eigenvalue weighted by molar-refractivity contribution is -0.171. The summed E-state index contributed by atoms with van der Waals surface area (Å²) in [7, 11) is 0. The molecule has 5 rings (SSSR count). The predicted octanol–water partition coefficient (Wildman–Crippen LogP) is 8.15. The van der Waals surface area contributed by atoms with Gasteiger partial charge < -0.3 is 20.4 Å². The van der Waals surface area contributed by atoms with Gasteiger partial charge in [0.1, 0.15) is 28.6 Å². The number of phenolic OH excluding ortho intramolecular Hbond substituents is 1. The number of hydrogen-bond donors (Lipinski definition) is 4. The second kappa shape index (κ2) is 13.5. The number of ketones is 4. The number of aryl methyl sites for hydroxylation is 2. The molecule has 0 aliphatic heterocycles. The van der Waals surface area contributed by atoms with E-state index in [0.717, 1.165) is 42.0 Å². The van der Waals surface area contributed by atoms with E-state index in [9.17, 15) is 39.6 Å². The normalized spacial score (nSPS) is 26.7. The van der Waals surface area contributed by atoms with Crippen LogP contribution in [0, 0.1) is 34.5 Å². The minimum absolute atomic E-state index is 0.00469. The summed E-state index contributed by atoms with van der Waals surface area (Å²) in [6.45, 7) is 16.5. The quantitative estimate of drug-likeness (QED) is 0.172. The van der Waals surface area contributed by atoms with E-state index in [2.05, 4.69) is 39.0 Å². The summed E-state index contributed by atoms with van der Waals surface area (Å²) in [5.74, 6) is -4.83. The Kier molecular flexibility index (Phi) is 10.1. The van der Waals surface area contributed by atoms with E-state index in [-0.39, 0.29) is 53.3 Å². The zero-order chi connectivity index (χ0) is 38.0. The molecule has 0 aromatic heterocycles. The number of benzene rings is 2. The Morgan fingerprint density at radius 2 is 1.63 bits per heavy atom. The first-order valence-electron chi connectivity index (χ1n) is 18.5. The maximum absolute atomic E-state index is 14.6. The number of carbonyl (C=O) groups excluding carboxylic acids is 4. The molecule has 0 heterocycles. The summed E-state index contributed by atoms with van der Waals surface area (Å²) < 4.78 is 0. The molecule has 0 amide bonds. The molecule has 8 heteroatoms. The minimum Gasteiger partial charge on any atom is -0.511 e. The number of carbonyl (C=O) groups is 4. The van der Waals surface area contributed by atoms with Crippen molar-refractivity contribution >= 4 is 23.1 Å². The molecule has 0 spiro atoms. The third-order valence-electron chi connectivity index (χ3n) is 12.2. The predicted molar refractivity (Wildman–Crippen MR) is 197 cm³/mol. The van der Waals surface area contributed by atoms with Crippen LogP contribution < -0.4 is 0 Å². The van der Waals surface area contributed by atoms with Crippen LogP contribution in [0.2, 0.25) is 0 Å². The third kappa shape index (κ3) is 5.78. The van der Waals surface area contributed by atoms with Gasteiger partial charge in [-0.25, -0.2) is 0 Å². The Labute approximate surface area is 301 Å².